The van der Waals surface area contributed by atoms with Gasteiger partial charge in [-0.25, -0.2) is 0 Å². The first kappa shape index (κ1) is 14.9. The van der Waals surface area contributed by atoms with Crippen LogP contribution in [0.5, 0.6) is 5.75 Å². The van der Waals surface area contributed by atoms with Crippen molar-refractivity contribution in [2.24, 2.45) is 5.92 Å². The Kier molecular flexibility index (Phi) is 4.26. The number of aryl methyl sites for hydroxylation is 2. The molecule has 0 spiro atoms. The second-order valence-corrected chi connectivity index (χ2v) is 6.93. The molecule has 21 heavy (non-hydrogen) atoms. The van der Waals surface area contributed by atoms with Crippen LogP contribution in [0.25, 0.3) is 0 Å². The van der Waals surface area contributed by atoms with E-state index < -0.39 is 0 Å². The van der Waals surface area contributed by atoms with Crippen molar-refractivity contribution in [3.8, 4) is 5.75 Å². The third-order valence-electron chi connectivity index (χ3n) is 5.51. The van der Waals surface area contributed by atoms with Crippen molar-refractivity contribution in [3.63, 3.8) is 0 Å². The van der Waals surface area contributed by atoms with Crippen molar-refractivity contribution in [1.29, 1.82) is 0 Å². The van der Waals surface area contributed by atoms with Crippen LogP contribution in [0.3, 0.4) is 0 Å². The minimum atomic E-state index is 0.308. The molecule has 2 unspecified atom stereocenters. The lowest BCUT2D eigenvalue weighted by Crippen LogP contribution is -2.16. The first-order chi connectivity index (χ1) is 10.1. The number of ether oxygens (including phenoxy) is 2. The van der Waals surface area contributed by atoms with Gasteiger partial charge in [-0.05, 0) is 69.1 Å². The summed E-state index contributed by atoms with van der Waals surface area (Å²) in [6.45, 7) is 10.9. The van der Waals surface area contributed by atoms with Gasteiger partial charge < -0.3 is 9.47 Å². The number of rotatable bonds is 3. The molecule has 2 aliphatic rings. The highest BCUT2D eigenvalue weighted by molar-refractivity contribution is 5.54. The largest absolute Gasteiger partial charge is 0.490 e. The molecule has 2 heterocycles. The summed E-state index contributed by atoms with van der Waals surface area (Å²) in [7, 11) is 0. The van der Waals surface area contributed by atoms with Gasteiger partial charge in [-0.15, -0.1) is 0 Å². The van der Waals surface area contributed by atoms with Crippen LogP contribution >= 0.6 is 0 Å². The second kappa shape index (κ2) is 6.00. The molecule has 1 aromatic carbocycles. The molecule has 0 saturated carbocycles. The van der Waals surface area contributed by atoms with Crippen LogP contribution < -0.4 is 4.74 Å². The number of fused-ring (bicyclic) bond motifs is 1. The van der Waals surface area contributed by atoms with Gasteiger partial charge in [-0.3, -0.25) is 0 Å². The SMILES string of the molecule is Cc1cc(CCC2CCOCC2)c(C)c2c1OC(C)C2C. The van der Waals surface area contributed by atoms with Gasteiger partial charge in [0.15, 0.2) is 0 Å². The molecule has 0 bridgehead atoms. The molecular formula is C19H28O2. The summed E-state index contributed by atoms with van der Waals surface area (Å²) in [5, 5.41) is 0. The van der Waals surface area contributed by atoms with Crippen LogP contribution in [0.2, 0.25) is 0 Å². The smallest absolute Gasteiger partial charge is 0.126 e. The van der Waals surface area contributed by atoms with Crippen molar-refractivity contribution in [1.82, 2.24) is 0 Å². The highest BCUT2D eigenvalue weighted by atomic mass is 16.5. The number of hydrogen-bond donors (Lipinski definition) is 0. The van der Waals surface area contributed by atoms with Gasteiger partial charge in [0.25, 0.3) is 0 Å². The summed E-state index contributed by atoms with van der Waals surface area (Å²) < 4.78 is 11.5. The molecule has 1 aromatic rings. The fourth-order valence-electron chi connectivity index (χ4n) is 3.87. The first-order valence-corrected chi connectivity index (χ1v) is 8.45. The average molecular weight is 288 g/mol. The maximum Gasteiger partial charge on any atom is 0.126 e. The molecule has 0 aromatic heterocycles. The minimum Gasteiger partial charge on any atom is -0.490 e. The van der Waals surface area contributed by atoms with Crippen molar-refractivity contribution < 1.29 is 9.47 Å². The van der Waals surface area contributed by atoms with E-state index in [1.807, 2.05) is 0 Å². The standard InChI is InChI=1S/C19H28O2/c1-12-11-17(6-5-16-7-9-20-10-8-16)14(3)18-13(2)15(4)21-19(12)18/h11,13,15-16H,5-10H2,1-4H3. The summed E-state index contributed by atoms with van der Waals surface area (Å²) in [6, 6.07) is 2.36. The van der Waals surface area contributed by atoms with E-state index in [1.54, 1.807) is 0 Å². The summed E-state index contributed by atoms with van der Waals surface area (Å²) in [6.07, 6.45) is 5.28. The zero-order chi connectivity index (χ0) is 15.0. The van der Waals surface area contributed by atoms with Crippen LogP contribution in [-0.2, 0) is 11.2 Å². The summed E-state index contributed by atoms with van der Waals surface area (Å²) in [4.78, 5) is 0. The Hall–Kier alpha value is -1.02. The zero-order valence-electron chi connectivity index (χ0n) is 13.9. The van der Waals surface area contributed by atoms with Gasteiger partial charge in [0.05, 0.1) is 0 Å². The van der Waals surface area contributed by atoms with Gasteiger partial charge in [-0.2, -0.15) is 0 Å². The Bertz CT molecular complexity index is 515. The third-order valence-corrected chi connectivity index (χ3v) is 5.51. The molecular weight excluding hydrogens is 260 g/mol. The highest BCUT2D eigenvalue weighted by Crippen LogP contribution is 2.43. The van der Waals surface area contributed by atoms with E-state index in [2.05, 4.69) is 33.8 Å². The van der Waals surface area contributed by atoms with Crippen LogP contribution in [-0.4, -0.2) is 19.3 Å². The third kappa shape index (κ3) is 2.83. The lowest BCUT2D eigenvalue weighted by atomic mass is 9.86. The highest BCUT2D eigenvalue weighted by Gasteiger charge is 2.31. The molecule has 0 amide bonds. The lowest BCUT2D eigenvalue weighted by Gasteiger charge is -2.22. The van der Waals surface area contributed by atoms with Crippen molar-refractivity contribution in [2.45, 2.75) is 65.4 Å². The lowest BCUT2D eigenvalue weighted by molar-refractivity contribution is 0.0640. The Balaban J connectivity index is 1.79. The molecule has 0 radical (unpaired) electrons. The van der Waals surface area contributed by atoms with Crippen LogP contribution in [0.15, 0.2) is 6.07 Å². The van der Waals surface area contributed by atoms with E-state index in [0.29, 0.717) is 12.0 Å². The van der Waals surface area contributed by atoms with Gasteiger partial charge in [0, 0.05) is 24.7 Å². The molecule has 0 N–H and O–H groups in total. The quantitative estimate of drug-likeness (QED) is 0.812. The van der Waals surface area contributed by atoms with E-state index in [0.717, 1.165) is 24.9 Å². The van der Waals surface area contributed by atoms with Gasteiger partial charge in [-0.1, -0.05) is 13.0 Å². The Labute approximate surface area is 128 Å². The molecule has 1 fully saturated rings. The van der Waals surface area contributed by atoms with Crippen molar-refractivity contribution in [3.05, 3.63) is 28.3 Å². The van der Waals surface area contributed by atoms with Gasteiger partial charge in [0.1, 0.15) is 11.9 Å². The van der Waals surface area contributed by atoms with Gasteiger partial charge in [0.2, 0.25) is 0 Å². The fraction of sp³-hybridized carbons (Fsp3) is 0.684. The molecule has 0 aliphatic carbocycles. The van der Waals surface area contributed by atoms with Crippen molar-refractivity contribution >= 4 is 0 Å². The molecule has 2 heteroatoms. The normalized spacial score (nSPS) is 25.7. The maximum absolute atomic E-state index is 6.06. The van der Waals surface area contributed by atoms with E-state index in [9.17, 15) is 0 Å². The topological polar surface area (TPSA) is 18.5 Å². The summed E-state index contributed by atoms with van der Waals surface area (Å²) >= 11 is 0. The number of hydrogen-bond acceptors (Lipinski definition) is 2. The Morgan fingerprint density at radius 3 is 2.57 bits per heavy atom. The Morgan fingerprint density at radius 1 is 1.14 bits per heavy atom. The fourth-order valence-corrected chi connectivity index (χ4v) is 3.87. The average Bonchev–Trinajstić information content (AvgIpc) is 2.79. The molecule has 2 nitrogen and oxygen atoms in total. The Morgan fingerprint density at radius 2 is 1.86 bits per heavy atom. The molecule has 2 aliphatic heterocycles. The number of benzene rings is 1. The second-order valence-electron chi connectivity index (χ2n) is 6.93. The minimum absolute atomic E-state index is 0.308. The van der Waals surface area contributed by atoms with E-state index in [4.69, 9.17) is 9.47 Å². The van der Waals surface area contributed by atoms with Crippen LogP contribution in [0, 0.1) is 19.8 Å². The van der Waals surface area contributed by atoms with Crippen LogP contribution in [0.1, 0.15) is 61.3 Å². The molecule has 116 valence electrons. The predicted octanol–water partition coefficient (Wildman–Crippen LogP) is 4.55. The molecule has 2 atom stereocenters. The van der Waals surface area contributed by atoms with E-state index in [1.165, 1.54) is 47.9 Å². The van der Waals surface area contributed by atoms with Gasteiger partial charge >= 0.3 is 0 Å². The van der Waals surface area contributed by atoms with E-state index in [-0.39, 0.29) is 0 Å². The van der Waals surface area contributed by atoms with E-state index >= 15 is 0 Å². The zero-order valence-corrected chi connectivity index (χ0v) is 13.9. The molecule has 3 rings (SSSR count). The van der Waals surface area contributed by atoms with Crippen molar-refractivity contribution in [2.75, 3.05) is 13.2 Å². The monoisotopic (exact) mass is 288 g/mol. The summed E-state index contributed by atoms with van der Waals surface area (Å²) in [5.74, 6) is 2.52. The predicted molar refractivity (Wildman–Crippen MR) is 86.3 cm³/mol. The first-order valence-electron chi connectivity index (χ1n) is 8.45. The summed E-state index contributed by atoms with van der Waals surface area (Å²) in [5.41, 5.74) is 5.78. The molecule has 1 saturated heterocycles. The van der Waals surface area contributed by atoms with Crippen LogP contribution in [0.4, 0.5) is 0 Å². The maximum atomic E-state index is 6.06.